The van der Waals surface area contributed by atoms with Gasteiger partial charge in [0.25, 0.3) is 11.8 Å². The lowest BCUT2D eigenvalue weighted by molar-refractivity contribution is -0.153. The molecule has 8 heteroatoms. The predicted octanol–water partition coefficient (Wildman–Crippen LogP) is 1.25. The minimum Gasteiger partial charge on any atom is -0.463 e. The van der Waals surface area contributed by atoms with Gasteiger partial charge in [-0.05, 0) is 24.2 Å². The fraction of sp³-hybridized carbons (Fsp3) is 0.389. The number of amides is 1. The molecule has 1 aliphatic heterocycles. The number of rotatable bonds is 6. The first-order valence-electron chi connectivity index (χ1n) is 8.41. The van der Waals surface area contributed by atoms with Gasteiger partial charge in [0.1, 0.15) is 5.76 Å². The molecule has 1 saturated heterocycles. The quantitative estimate of drug-likeness (QED) is 0.718. The molecule has 0 aliphatic carbocycles. The van der Waals surface area contributed by atoms with Crippen molar-refractivity contribution in [2.75, 3.05) is 44.3 Å². The van der Waals surface area contributed by atoms with E-state index in [0.29, 0.717) is 18.8 Å². The topological polar surface area (TPSA) is 85.1 Å². The Morgan fingerprint density at radius 1 is 1.12 bits per heavy atom. The summed E-state index contributed by atoms with van der Waals surface area (Å²) >= 11 is 0. The summed E-state index contributed by atoms with van der Waals surface area (Å²) in [7, 11) is 0. The number of esters is 1. The van der Waals surface area contributed by atoms with Crippen molar-refractivity contribution in [2.24, 2.45) is 0 Å². The first-order chi connectivity index (χ1) is 12.6. The number of para-hydroxylation sites is 1. The number of piperazine rings is 1. The van der Waals surface area contributed by atoms with Gasteiger partial charge in [-0.1, -0.05) is 18.2 Å². The molecule has 138 valence electrons. The SMILES string of the molecule is Cc1cc(OCC(=O)OCC(=O)N2CCN(c3ccccc3)CC2)no1. The van der Waals surface area contributed by atoms with Crippen LogP contribution in [0.1, 0.15) is 5.76 Å². The molecular weight excluding hydrogens is 338 g/mol. The minimum absolute atomic E-state index is 0.205. The van der Waals surface area contributed by atoms with Gasteiger partial charge in [0.2, 0.25) is 0 Å². The van der Waals surface area contributed by atoms with Crippen molar-refractivity contribution < 1.29 is 23.6 Å². The molecule has 0 saturated carbocycles. The van der Waals surface area contributed by atoms with Crippen LogP contribution in [0.3, 0.4) is 0 Å². The molecule has 1 aromatic carbocycles. The fourth-order valence-electron chi connectivity index (χ4n) is 2.67. The van der Waals surface area contributed by atoms with E-state index in [0.717, 1.165) is 18.8 Å². The second kappa shape index (κ2) is 8.37. The maximum atomic E-state index is 12.2. The van der Waals surface area contributed by atoms with E-state index in [9.17, 15) is 9.59 Å². The van der Waals surface area contributed by atoms with E-state index in [-0.39, 0.29) is 25.0 Å². The fourth-order valence-corrected chi connectivity index (χ4v) is 2.67. The van der Waals surface area contributed by atoms with Crippen LogP contribution in [-0.4, -0.2) is 61.3 Å². The van der Waals surface area contributed by atoms with Gasteiger partial charge in [-0.2, -0.15) is 0 Å². The molecule has 0 bridgehead atoms. The highest BCUT2D eigenvalue weighted by molar-refractivity contribution is 5.81. The van der Waals surface area contributed by atoms with E-state index >= 15 is 0 Å². The number of ether oxygens (including phenoxy) is 2. The van der Waals surface area contributed by atoms with Crippen molar-refractivity contribution in [3.05, 3.63) is 42.2 Å². The first-order valence-corrected chi connectivity index (χ1v) is 8.41. The maximum absolute atomic E-state index is 12.2. The van der Waals surface area contributed by atoms with Crippen molar-refractivity contribution in [3.8, 4) is 5.88 Å². The van der Waals surface area contributed by atoms with Crippen LogP contribution in [0.2, 0.25) is 0 Å². The summed E-state index contributed by atoms with van der Waals surface area (Å²) in [5.41, 5.74) is 1.14. The number of benzene rings is 1. The molecular formula is C18H21N3O5. The molecule has 2 aromatic rings. The summed E-state index contributed by atoms with van der Waals surface area (Å²) in [6, 6.07) is 11.6. The monoisotopic (exact) mass is 359 g/mol. The molecule has 2 heterocycles. The zero-order valence-electron chi connectivity index (χ0n) is 14.6. The molecule has 0 unspecified atom stereocenters. The third-order valence-corrected chi connectivity index (χ3v) is 4.05. The molecule has 0 radical (unpaired) electrons. The summed E-state index contributed by atoms with van der Waals surface area (Å²) in [4.78, 5) is 27.8. The summed E-state index contributed by atoms with van der Waals surface area (Å²) in [5, 5.41) is 3.60. The molecule has 0 atom stereocenters. The van der Waals surface area contributed by atoms with Gasteiger partial charge in [-0.15, -0.1) is 0 Å². The largest absolute Gasteiger partial charge is 0.463 e. The standard InChI is InChI=1S/C18H21N3O5/c1-14-11-16(19-26-14)24-13-18(23)25-12-17(22)21-9-7-20(8-10-21)15-5-3-2-4-6-15/h2-6,11H,7-10,12-13H2,1H3. The second-order valence-electron chi connectivity index (χ2n) is 5.93. The molecule has 1 fully saturated rings. The number of hydrogen-bond acceptors (Lipinski definition) is 7. The van der Waals surface area contributed by atoms with Crippen LogP contribution in [0.4, 0.5) is 5.69 Å². The molecule has 8 nitrogen and oxygen atoms in total. The number of hydrogen-bond donors (Lipinski definition) is 0. The molecule has 3 rings (SSSR count). The lowest BCUT2D eigenvalue weighted by Gasteiger charge is -2.36. The second-order valence-corrected chi connectivity index (χ2v) is 5.93. The van der Waals surface area contributed by atoms with Crippen LogP contribution in [0, 0.1) is 6.92 Å². The number of carbonyl (C=O) groups excluding carboxylic acids is 2. The number of aromatic nitrogens is 1. The zero-order chi connectivity index (χ0) is 18.4. The average Bonchev–Trinajstić information content (AvgIpc) is 3.10. The Labute approximate surface area is 151 Å². The van der Waals surface area contributed by atoms with Crippen LogP contribution in [0.15, 0.2) is 40.9 Å². The normalized spacial score (nSPS) is 14.2. The molecule has 0 N–H and O–H groups in total. The van der Waals surface area contributed by atoms with Gasteiger partial charge >= 0.3 is 5.97 Å². The lowest BCUT2D eigenvalue weighted by atomic mass is 10.2. The Bertz CT molecular complexity index is 738. The molecule has 1 aliphatic rings. The zero-order valence-corrected chi connectivity index (χ0v) is 14.6. The predicted molar refractivity (Wildman–Crippen MR) is 92.9 cm³/mol. The molecule has 1 aromatic heterocycles. The summed E-state index contributed by atoms with van der Waals surface area (Å²) in [6.45, 7) is 3.80. The van der Waals surface area contributed by atoms with Gasteiger partial charge in [0.15, 0.2) is 13.2 Å². The van der Waals surface area contributed by atoms with Crippen LogP contribution in [0.25, 0.3) is 0 Å². The molecule has 26 heavy (non-hydrogen) atoms. The number of carbonyl (C=O) groups is 2. The molecule has 0 spiro atoms. The van der Waals surface area contributed by atoms with Crippen molar-refractivity contribution >= 4 is 17.6 Å². The minimum atomic E-state index is -0.623. The van der Waals surface area contributed by atoms with Crippen molar-refractivity contribution in [3.63, 3.8) is 0 Å². The first kappa shape index (κ1) is 17.8. The lowest BCUT2D eigenvalue weighted by Crippen LogP contribution is -2.50. The Morgan fingerprint density at radius 2 is 1.85 bits per heavy atom. The average molecular weight is 359 g/mol. The van der Waals surface area contributed by atoms with Crippen LogP contribution in [0.5, 0.6) is 5.88 Å². The van der Waals surface area contributed by atoms with Crippen LogP contribution < -0.4 is 9.64 Å². The highest BCUT2D eigenvalue weighted by Gasteiger charge is 2.22. The third kappa shape index (κ3) is 4.75. The smallest absolute Gasteiger partial charge is 0.344 e. The van der Waals surface area contributed by atoms with Crippen molar-refractivity contribution in [1.29, 1.82) is 0 Å². The highest BCUT2D eigenvalue weighted by atomic mass is 16.6. The van der Waals surface area contributed by atoms with E-state index in [1.165, 1.54) is 0 Å². The van der Waals surface area contributed by atoms with Gasteiger partial charge in [-0.3, -0.25) is 4.79 Å². The Hall–Kier alpha value is -3.03. The Balaban J connectivity index is 1.37. The number of anilines is 1. The van der Waals surface area contributed by atoms with Crippen LogP contribution >= 0.6 is 0 Å². The Kier molecular flexibility index (Phi) is 5.73. The maximum Gasteiger partial charge on any atom is 0.344 e. The summed E-state index contributed by atoms with van der Waals surface area (Å²) < 4.78 is 14.9. The summed E-state index contributed by atoms with van der Waals surface area (Å²) in [6.07, 6.45) is 0. The van der Waals surface area contributed by atoms with E-state index in [4.69, 9.17) is 14.0 Å². The van der Waals surface area contributed by atoms with E-state index < -0.39 is 5.97 Å². The van der Waals surface area contributed by atoms with Gasteiger partial charge in [0.05, 0.1) is 0 Å². The van der Waals surface area contributed by atoms with E-state index in [1.54, 1.807) is 17.9 Å². The van der Waals surface area contributed by atoms with Gasteiger partial charge in [-0.25, -0.2) is 4.79 Å². The van der Waals surface area contributed by atoms with Crippen LogP contribution in [-0.2, 0) is 14.3 Å². The molecule has 1 amide bonds. The van der Waals surface area contributed by atoms with Gasteiger partial charge < -0.3 is 23.8 Å². The highest BCUT2D eigenvalue weighted by Crippen LogP contribution is 2.15. The van der Waals surface area contributed by atoms with Gasteiger partial charge in [0, 0.05) is 37.9 Å². The number of nitrogens with zero attached hydrogens (tertiary/aromatic N) is 3. The number of aryl methyl sites for hydroxylation is 1. The van der Waals surface area contributed by atoms with Crippen molar-refractivity contribution in [2.45, 2.75) is 6.92 Å². The Morgan fingerprint density at radius 3 is 2.50 bits per heavy atom. The summed E-state index contributed by atoms with van der Waals surface area (Å²) in [5.74, 6) is -0.0359. The third-order valence-electron chi connectivity index (χ3n) is 4.05. The van der Waals surface area contributed by atoms with Crippen molar-refractivity contribution in [1.82, 2.24) is 10.1 Å². The van der Waals surface area contributed by atoms with E-state index in [1.807, 2.05) is 18.2 Å². The van der Waals surface area contributed by atoms with E-state index in [2.05, 4.69) is 22.2 Å².